The lowest BCUT2D eigenvalue weighted by molar-refractivity contribution is 0.0923. The first kappa shape index (κ1) is 12.2. The quantitative estimate of drug-likeness (QED) is 0.887. The van der Waals surface area contributed by atoms with E-state index >= 15 is 0 Å². The van der Waals surface area contributed by atoms with Crippen molar-refractivity contribution in [3.05, 3.63) is 33.8 Å². The molecule has 0 heterocycles. The molecule has 1 aromatic carbocycles. The van der Waals surface area contributed by atoms with E-state index in [9.17, 15) is 4.79 Å². The molecule has 1 aromatic rings. The molecule has 3 atom stereocenters. The molecule has 0 saturated heterocycles. The maximum absolute atomic E-state index is 12.2. The SMILES string of the molecule is Cc1cc(Br)cc(C(=O)NC2CC3CCC2C3)c1. The minimum atomic E-state index is 0.0805. The molecule has 0 aromatic heterocycles. The van der Waals surface area contributed by atoms with Gasteiger partial charge in [-0.25, -0.2) is 0 Å². The van der Waals surface area contributed by atoms with E-state index in [0.29, 0.717) is 6.04 Å². The van der Waals surface area contributed by atoms with Crippen LogP contribution in [0.15, 0.2) is 22.7 Å². The van der Waals surface area contributed by atoms with Crippen LogP contribution in [-0.2, 0) is 0 Å². The fourth-order valence-corrected chi connectivity index (χ4v) is 4.15. The summed E-state index contributed by atoms with van der Waals surface area (Å²) in [6, 6.07) is 6.28. The van der Waals surface area contributed by atoms with Crippen molar-refractivity contribution in [3.8, 4) is 0 Å². The van der Waals surface area contributed by atoms with Crippen LogP contribution >= 0.6 is 15.9 Å². The van der Waals surface area contributed by atoms with Crippen molar-refractivity contribution in [2.24, 2.45) is 11.8 Å². The van der Waals surface area contributed by atoms with Gasteiger partial charge in [0.2, 0.25) is 0 Å². The first-order valence-corrected chi connectivity index (χ1v) is 7.49. The van der Waals surface area contributed by atoms with Crippen LogP contribution in [0.4, 0.5) is 0 Å². The summed E-state index contributed by atoms with van der Waals surface area (Å²) in [7, 11) is 0. The molecule has 96 valence electrons. The standard InChI is InChI=1S/C15H18BrNO/c1-9-4-12(8-13(16)5-9)15(18)17-14-7-10-2-3-11(14)6-10/h4-5,8,10-11,14H,2-3,6-7H2,1H3,(H,17,18). The number of rotatable bonds is 2. The number of benzene rings is 1. The van der Waals surface area contributed by atoms with Crippen LogP contribution in [0.25, 0.3) is 0 Å². The van der Waals surface area contributed by atoms with Crippen molar-refractivity contribution in [1.29, 1.82) is 0 Å². The van der Waals surface area contributed by atoms with Gasteiger partial charge in [-0.2, -0.15) is 0 Å². The Morgan fingerprint density at radius 1 is 1.28 bits per heavy atom. The van der Waals surface area contributed by atoms with E-state index in [0.717, 1.165) is 27.4 Å². The van der Waals surface area contributed by atoms with Crippen molar-refractivity contribution in [2.45, 2.75) is 38.6 Å². The molecule has 0 radical (unpaired) electrons. The Morgan fingerprint density at radius 2 is 2.11 bits per heavy atom. The molecule has 3 rings (SSSR count). The number of halogens is 1. The number of carbonyl (C=O) groups excluding carboxylic acids is 1. The van der Waals surface area contributed by atoms with Gasteiger partial charge in [0.25, 0.3) is 5.91 Å². The van der Waals surface area contributed by atoms with Gasteiger partial charge >= 0.3 is 0 Å². The van der Waals surface area contributed by atoms with Crippen LogP contribution in [0, 0.1) is 18.8 Å². The molecule has 0 aliphatic heterocycles. The third kappa shape index (κ3) is 2.33. The highest BCUT2D eigenvalue weighted by molar-refractivity contribution is 9.10. The maximum Gasteiger partial charge on any atom is 0.251 e. The van der Waals surface area contributed by atoms with Gasteiger partial charge in [0, 0.05) is 16.1 Å². The molecular formula is C15H18BrNO. The van der Waals surface area contributed by atoms with Crippen molar-refractivity contribution >= 4 is 21.8 Å². The van der Waals surface area contributed by atoms with Crippen LogP contribution in [0.3, 0.4) is 0 Å². The second kappa shape index (κ2) is 4.69. The fraction of sp³-hybridized carbons (Fsp3) is 0.533. The van der Waals surface area contributed by atoms with Gasteiger partial charge in [-0.1, -0.05) is 22.4 Å². The smallest absolute Gasteiger partial charge is 0.251 e. The van der Waals surface area contributed by atoms with Gasteiger partial charge < -0.3 is 5.32 Å². The summed E-state index contributed by atoms with van der Waals surface area (Å²) in [5, 5.41) is 3.22. The number of carbonyl (C=O) groups is 1. The van der Waals surface area contributed by atoms with Crippen LogP contribution < -0.4 is 5.32 Å². The molecule has 0 spiro atoms. The fourth-order valence-electron chi connectivity index (χ4n) is 3.54. The Bertz CT molecular complexity index is 465. The lowest BCUT2D eigenvalue weighted by Crippen LogP contribution is -2.38. The van der Waals surface area contributed by atoms with Gasteiger partial charge in [-0.15, -0.1) is 0 Å². The van der Waals surface area contributed by atoms with Gasteiger partial charge in [0.1, 0.15) is 0 Å². The van der Waals surface area contributed by atoms with E-state index in [1.54, 1.807) is 0 Å². The number of nitrogens with one attached hydrogen (secondary N) is 1. The maximum atomic E-state index is 12.2. The van der Waals surface area contributed by atoms with Crippen LogP contribution in [-0.4, -0.2) is 11.9 Å². The Morgan fingerprint density at radius 3 is 2.72 bits per heavy atom. The first-order valence-electron chi connectivity index (χ1n) is 6.70. The molecule has 18 heavy (non-hydrogen) atoms. The number of aryl methyl sites for hydroxylation is 1. The van der Waals surface area contributed by atoms with Crippen LogP contribution in [0.5, 0.6) is 0 Å². The van der Waals surface area contributed by atoms with E-state index < -0.39 is 0 Å². The molecule has 2 saturated carbocycles. The normalized spacial score (nSPS) is 29.6. The highest BCUT2D eigenvalue weighted by Crippen LogP contribution is 2.44. The van der Waals surface area contributed by atoms with Crippen molar-refractivity contribution in [2.75, 3.05) is 0 Å². The van der Waals surface area contributed by atoms with Gasteiger partial charge in [-0.3, -0.25) is 4.79 Å². The van der Waals surface area contributed by atoms with Crippen LogP contribution in [0.1, 0.15) is 41.6 Å². The summed E-state index contributed by atoms with van der Waals surface area (Å²) in [5.41, 5.74) is 1.88. The number of fused-ring (bicyclic) bond motifs is 2. The lowest BCUT2D eigenvalue weighted by Gasteiger charge is -2.23. The van der Waals surface area contributed by atoms with E-state index in [-0.39, 0.29) is 5.91 Å². The molecule has 2 fully saturated rings. The second-order valence-corrected chi connectivity index (χ2v) is 6.69. The Hall–Kier alpha value is -0.830. The van der Waals surface area contributed by atoms with Crippen molar-refractivity contribution in [1.82, 2.24) is 5.32 Å². The van der Waals surface area contributed by atoms with Crippen molar-refractivity contribution < 1.29 is 4.79 Å². The zero-order chi connectivity index (χ0) is 12.7. The Labute approximate surface area is 116 Å². The molecule has 1 N–H and O–H groups in total. The highest BCUT2D eigenvalue weighted by Gasteiger charge is 2.40. The molecule has 2 aliphatic rings. The van der Waals surface area contributed by atoms with Gasteiger partial charge in [0.15, 0.2) is 0 Å². The molecule has 1 amide bonds. The zero-order valence-corrected chi connectivity index (χ0v) is 12.2. The second-order valence-electron chi connectivity index (χ2n) is 5.77. The summed E-state index contributed by atoms with van der Waals surface area (Å²) in [4.78, 5) is 12.2. The zero-order valence-electron chi connectivity index (χ0n) is 10.6. The lowest BCUT2D eigenvalue weighted by atomic mass is 9.95. The summed E-state index contributed by atoms with van der Waals surface area (Å²) >= 11 is 3.45. The third-order valence-electron chi connectivity index (χ3n) is 4.36. The van der Waals surface area contributed by atoms with E-state index in [2.05, 4.69) is 21.2 Å². The van der Waals surface area contributed by atoms with Crippen molar-refractivity contribution in [3.63, 3.8) is 0 Å². The van der Waals surface area contributed by atoms with E-state index in [1.165, 1.54) is 25.7 Å². The Balaban J connectivity index is 1.71. The van der Waals surface area contributed by atoms with Crippen LogP contribution in [0.2, 0.25) is 0 Å². The highest BCUT2D eigenvalue weighted by atomic mass is 79.9. The summed E-state index contributed by atoms with van der Waals surface area (Å²) < 4.78 is 0.973. The predicted octanol–water partition coefficient (Wildman–Crippen LogP) is 3.68. The monoisotopic (exact) mass is 307 g/mol. The summed E-state index contributed by atoms with van der Waals surface area (Å²) in [5.74, 6) is 1.67. The largest absolute Gasteiger partial charge is 0.349 e. The minimum absolute atomic E-state index is 0.0805. The third-order valence-corrected chi connectivity index (χ3v) is 4.82. The first-order chi connectivity index (χ1) is 8.61. The predicted molar refractivity (Wildman–Crippen MR) is 75.6 cm³/mol. The minimum Gasteiger partial charge on any atom is -0.349 e. The Kier molecular flexibility index (Phi) is 3.18. The molecular weight excluding hydrogens is 290 g/mol. The molecule has 2 bridgehead atoms. The number of hydrogen-bond donors (Lipinski definition) is 1. The average Bonchev–Trinajstić information content (AvgIpc) is 2.89. The number of hydrogen-bond acceptors (Lipinski definition) is 1. The van der Waals surface area contributed by atoms with E-state index in [4.69, 9.17) is 0 Å². The van der Waals surface area contributed by atoms with Gasteiger partial charge in [-0.05, 0) is 61.8 Å². The average molecular weight is 308 g/mol. The number of amides is 1. The molecule has 2 nitrogen and oxygen atoms in total. The summed E-state index contributed by atoms with van der Waals surface area (Å²) in [6.07, 6.45) is 5.17. The molecule has 2 aliphatic carbocycles. The molecule has 3 heteroatoms. The van der Waals surface area contributed by atoms with E-state index in [1.807, 2.05) is 25.1 Å². The molecule has 3 unspecified atom stereocenters. The summed E-state index contributed by atoms with van der Waals surface area (Å²) in [6.45, 7) is 2.01. The van der Waals surface area contributed by atoms with Gasteiger partial charge in [0.05, 0.1) is 0 Å². The topological polar surface area (TPSA) is 29.1 Å².